The highest BCUT2D eigenvalue weighted by Crippen LogP contribution is 2.36. The van der Waals surface area contributed by atoms with Crippen molar-refractivity contribution in [2.75, 3.05) is 16.9 Å². The number of aromatic nitrogens is 3. The van der Waals surface area contributed by atoms with Crippen LogP contribution in [0, 0.1) is 0 Å². The number of hydrogen-bond donors (Lipinski definition) is 2. The summed E-state index contributed by atoms with van der Waals surface area (Å²) >= 11 is 6.57. The number of carbonyl (C=O) groups is 1. The Morgan fingerprint density at radius 3 is 2.50 bits per heavy atom. The summed E-state index contributed by atoms with van der Waals surface area (Å²) < 4.78 is 39.8. The van der Waals surface area contributed by atoms with Gasteiger partial charge in [-0.15, -0.1) is 10.2 Å². The van der Waals surface area contributed by atoms with Gasteiger partial charge in [-0.05, 0) is 18.2 Å². The molecule has 0 saturated heterocycles. The highest BCUT2D eigenvalue weighted by atomic mass is 35.5. The van der Waals surface area contributed by atoms with Crippen LogP contribution < -0.4 is 11.2 Å². The lowest BCUT2D eigenvalue weighted by Gasteiger charge is -2.16. The van der Waals surface area contributed by atoms with Gasteiger partial charge < -0.3 is 11.2 Å². The third-order valence-corrected chi connectivity index (χ3v) is 4.50. The summed E-state index contributed by atoms with van der Waals surface area (Å²) in [6.07, 6.45) is -4.61. The van der Waals surface area contributed by atoms with Crippen LogP contribution in [0.2, 0.25) is 5.02 Å². The van der Waals surface area contributed by atoms with Crippen LogP contribution in [0.15, 0.2) is 23.4 Å². The number of benzene rings is 1. The van der Waals surface area contributed by atoms with Crippen LogP contribution in [0.5, 0.6) is 0 Å². The molecule has 2 rings (SSSR count). The van der Waals surface area contributed by atoms with E-state index in [0.717, 1.165) is 23.9 Å². The van der Waals surface area contributed by atoms with Crippen molar-refractivity contribution in [3.05, 3.63) is 34.6 Å². The smallest absolute Gasteiger partial charge is 0.336 e. The van der Waals surface area contributed by atoms with Crippen molar-refractivity contribution in [1.29, 1.82) is 0 Å². The number of nitrogens with zero attached hydrogens (tertiary/aromatic N) is 3. The lowest BCUT2D eigenvalue weighted by molar-refractivity contribution is -0.137. The van der Waals surface area contributed by atoms with Gasteiger partial charge in [-0.25, -0.2) is 4.68 Å². The first-order valence-corrected chi connectivity index (χ1v) is 8.76. The molecule has 6 nitrogen and oxygen atoms in total. The van der Waals surface area contributed by atoms with E-state index in [-0.39, 0.29) is 16.9 Å². The summed E-state index contributed by atoms with van der Waals surface area (Å²) in [4.78, 5) is 12.0. The van der Waals surface area contributed by atoms with E-state index in [1.54, 1.807) is 0 Å². The third kappa shape index (κ3) is 4.82. The Hall–Kier alpha value is -1.94. The van der Waals surface area contributed by atoms with Crippen LogP contribution in [0.4, 0.5) is 18.9 Å². The monoisotopic (exact) mass is 407 g/mol. The first kappa shape index (κ1) is 20.4. The highest BCUT2D eigenvalue weighted by Gasteiger charge is 2.33. The predicted octanol–water partition coefficient (Wildman–Crippen LogP) is 3.69. The van der Waals surface area contributed by atoms with E-state index in [1.165, 1.54) is 10.7 Å². The summed E-state index contributed by atoms with van der Waals surface area (Å²) in [6.45, 7) is 5.75. The molecule has 0 radical (unpaired) electrons. The standard InChI is InChI=1S/C15H17ClF3N5OS/c1-14(2,3)12-22-23-13(24(12)20)26-7-11(25)21-8-4-5-10(16)9(6-8)15(17,18)19/h4-6H,7,20H2,1-3H3,(H,21,25). The van der Waals surface area contributed by atoms with Crippen molar-refractivity contribution in [1.82, 2.24) is 14.9 Å². The largest absolute Gasteiger partial charge is 0.417 e. The molecule has 26 heavy (non-hydrogen) atoms. The van der Waals surface area contributed by atoms with Crippen LogP contribution in [-0.4, -0.2) is 26.5 Å². The molecule has 0 unspecified atom stereocenters. The topological polar surface area (TPSA) is 85.8 Å². The molecule has 0 fully saturated rings. The summed E-state index contributed by atoms with van der Waals surface area (Å²) in [5, 5.41) is 10.2. The molecular formula is C15H17ClF3N5OS. The number of hydrogen-bond acceptors (Lipinski definition) is 5. The minimum Gasteiger partial charge on any atom is -0.336 e. The number of nitrogens with two attached hydrogens (primary N) is 1. The summed E-state index contributed by atoms with van der Waals surface area (Å²) in [7, 11) is 0. The van der Waals surface area contributed by atoms with Gasteiger partial charge in [0.2, 0.25) is 11.1 Å². The normalized spacial score (nSPS) is 12.3. The number of nitrogens with one attached hydrogen (secondary N) is 1. The maximum atomic E-state index is 12.8. The zero-order valence-corrected chi connectivity index (χ0v) is 15.8. The average molecular weight is 408 g/mol. The molecular weight excluding hydrogens is 391 g/mol. The van der Waals surface area contributed by atoms with E-state index in [0.29, 0.717) is 11.0 Å². The molecule has 3 N–H and O–H groups in total. The van der Waals surface area contributed by atoms with E-state index >= 15 is 0 Å². The Morgan fingerprint density at radius 1 is 1.31 bits per heavy atom. The van der Waals surface area contributed by atoms with Crippen LogP contribution in [0.25, 0.3) is 0 Å². The summed E-state index contributed by atoms with van der Waals surface area (Å²) in [5.41, 5.74) is -1.34. The predicted molar refractivity (Wildman–Crippen MR) is 94.7 cm³/mol. The van der Waals surface area contributed by atoms with Gasteiger partial charge in [0.1, 0.15) is 0 Å². The number of rotatable bonds is 4. The number of nitrogen functional groups attached to an aromatic ring is 1. The van der Waals surface area contributed by atoms with Gasteiger partial charge in [0.25, 0.3) is 0 Å². The number of alkyl halides is 3. The second kappa shape index (κ2) is 7.36. The lowest BCUT2D eigenvalue weighted by atomic mass is 9.96. The fraction of sp³-hybridized carbons (Fsp3) is 0.400. The maximum Gasteiger partial charge on any atom is 0.417 e. The fourth-order valence-electron chi connectivity index (χ4n) is 2.03. The van der Waals surface area contributed by atoms with E-state index in [9.17, 15) is 18.0 Å². The maximum absolute atomic E-state index is 12.8. The average Bonchev–Trinajstić information content (AvgIpc) is 2.87. The number of thioether (sulfide) groups is 1. The molecule has 1 aromatic heterocycles. The van der Waals surface area contributed by atoms with Crippen LogP contribution in [0.1, 0.15) is 32.2 Å². The molecule has 11 heteroatoms. The summed E-state index contributed by atoms with van der Waals surface area (Å²) in [6, 6.07) is 3.16. The first-order valence-electron chi connectivity index (χ1n) is 7.40. The van der Waals surface area contributed by atoms with E-state index < -0.39 is 22.7 Å². The Labute approximate surface area is 157 Å². The number of anilines is 1. The number of amides is 1. The van der Waals surface area contributed by atoms with Crippen molar-refractivity contribution >= 4 is 35.0 Å². The molecule has 0 saturated carbocycles. The first-order chi connectivity index (χ1) is 11.9. The van der Waals surface area contributed by atoms with Crippen molar-refractivity contribution in [2.45, 2.75) is 37.5 Å². The van der Waals surface area contributed by atoms with E-state index in [4.69, 9.17) is 17.4 Å². The molecule has 2 aromatic rings. The van der Waals surface area contributed by atoms with Crippen molar-refractivity contribution in [2.24, 2.45) is 0 Å². The van der Waals surface area contributed by atoms with Crippen molar-refractivity contribution in [3.8, 4) is 0 Å². The molecule has 1 amide bonds. The highest BCUT2D eigenvalue weighted by molar-refractivity contribution is 7.99. The van der Waals surface area contributed by atoms with E-state index in [2.05, 4.69) is 15.5 Å². The molecule has 142 valence electrons. The van der Waals surface area contributed by atoms with Gasteiger partial charge in [-0.3, -0.25) is 4.79 Å². The molecule has 1 aromatic carbocycles. The molecule has 0 bridgehead atoms. The van der Waals surface area contributed by atoms with E-state index in [1.807, 2.05) is 20.8 Å². The SMILES string of the molecule is CC(C)(C)c1nnc(SCC(=O)Nc2ccc(Cl)c(C(F)(F)F)c2)n1N. The quantitative estimate of drug-likeness (QED) is 0.596. The Balaban J connectivity index is 2.03. The number of carbonyl (C=O) groups excluding carboxylic acids is 1. The fourth-order valence-corrected chi connectivity index (χ4v) is 2.92. The minimum absolute atomic E-state index is 0.00285. The Bertz CT molecular complexity index is 817. The lowest BCUT2D eigenvalue weighted by Crippen LogP contribution is -2.24. The molecule has 0 aliphatic rings. The third-order valence-electron chi connectivity index (χ3n) is 3.22. The second-order valence-corrected chi connectivity index (χ2v) is 7.81. The van der Waals surface area contributed by atoms with Gasteiger partial charge in [-0.2, -0.15) is 13.2 Å². The van der Waals surface area contributed by atoms with Gasteiger partial charge in [-0.1, -0.05) is 44.1 Å². The molecule has 0 aliphatic carbocycles. The van der Waals surface area contributed by atoms with Crippen molar-refractivity contribution < 1.29 is 18.0 Å². The van der Waals surface area contributed by atoms with Gasteiger partial charge in [0.05, 0.1) is 16.3 Å². The Morgan fingerprint density at radius 2 is 1.96 bits per heavy atom. The molecule has 1 heterocycles. The van der Waals surface area contributed by atoms with Gasteiger partial charge in [0, 0.05) is 11.1 Å². The molecule has 0 aliphatic heterocycles. The van der Waals surface area contributed by atoms with Crippen LogP contribution >= 0.6 is 23.4 Å². The molecule has 0 spiro atoms. The van der Waals surface area contributed by atoms with Gasteiger partial charge >= 0.3 is 6.18 Å². The van der Waals surface area contributed by atoms with Crippen molar-refractivity contribution in [3.63, 3.8) is 0 Å². The zero-order chi connectivity index (χ0) is 19.7. The second-order valence-electron chi connectivity index (χ2n) is 6.46. The molecule has 0 atom stereocenters. The minimum atomic E-state index is -4.61. The zero-order valence-electron chi connectivity index (χ0n) is 14.2. The van der Waals surface area contributed by atoms with Crippen LogP contribution in [0.3, 0.4) is 0 Å². The number of halogens is 4. The summed E-state index contributed by atoms with van der Waals surface area (Å²) in [5.74, 6) is 5.86. The van der Waals surface area contributed by atoms with Crippen LogP contribution in [-0.2, 0) is 16.4 Å². The van der Waals surface area contributed by atoms with Gasteiger partial charge in [0.15, 0.2) is 5.82 Å². The Kier molecular flexibility index (Phi) is 5.76.